The first kappa shape index (κ1) is 12.6. The van der Waals surface area contributed by atoms with Gasteiger partial charge < -0.3 is 4.90 Å². The summed E-state index contributed by atoms with van der Waals surface area (Å²) >= 11 is 1.87. The van der Waals surface area contributed by atoms with Crippen LogP contribution in [-0.2, 0) is 0 Å². The Labute approximate surface area is 119 Å². The largest absolute Gasteiger partial charge is 0.371 e. The molecule has 0 N–H and O–H groups in total. The van der Waals surface area contributed by atoms with Gasteiger partial charge in [-0.15, -0.1) is 0 Å². The molecule has 1 aliphatic rings. The van der Waals surface area contributed by atoms with Gasteiger partial charge in [0.15, 0.2) is 0 Å². The maximum atomic E-state index is 2.54. The van der Waals surface area contributed by atoms with Crippen molar-refractivity contribution >= 4 is 17.4 Å². The summed E-state index contributed by atoms with van der Waals surface area (Å²) < 4.78 is 0. The van der Waals surface area contributed by atoms with Crippen molar-refractivity contribution in [1.29, 1.82) is 0 Å². The maximum absolute atomic E-state index is 2.54. The Morgan fingerprint density at radius 2 is 1.42 bits per heavy atom. The number of para-hydroxylation sites is 1. The molecule has 0 atom stereocenters. The van der Waals surface area contributed by atoms with Gasteiger partial charge in [-0.3, -0.25) is 0 Å². The highest BCUT2D eigenvalue weighted by atomic mass is 32.2. The van der Waals surface area contributed by atoms with E-state index >= 15 is 0 Å². The Morgan fingerprint density at radius 1 is 0.737 bits per heavy atom. The van der Waals surface area contributed by atoms with E-state index in [0.717, 1.165) is 0 Å². The molecule has 1 saturated heterocycles. The Bertz CT molecular complexity index is 518. The van der Waals surface area contributed by atoms with Crippen LogP contribution in [0.3, 0.4) is 0 Å². The molecule has 2 heteroatoms. The van der Waals surface area contributed by atoms with Gasteiger partial charge in [0.05, 0.1) is 5.69 Å². The smallest absolute Gasteiger partial charge is 0.0508 e. The number of hydrogen-bond acceptors (Lipinski definition) is 2. The molecule has 0 saturated carbocycles. The second kappa shape index (κ2) is 6.16. The number of nitrogens with zero attached hydrogens (tertiary/aromatic N) is 1. The van der Waals surface area contributed by atoms with Crippen LogP contribution < -0.4 is 4.90 Å². The number of benzene rings is 2. The van der Waals surface area contributed by atoms with Gasteiger partial charge in [-0.2, -0.15) is 0 Å². The Morgan fingerprint density at radius 3 is 2.21 bits per heavy atom. The average molecular weight is 269 g/mol. The molecule has 0 amide bonds. The highest BCUT2D eigenvalue weighted by molar-refractivity contribution is 7.99. The van der Waals surface area contributed by atoms with Crippen LogP contribution in [0.15, 0.2) is 64.4 Å². The third-order valence-electron chi connectivity index (χ3n) is 3.53. The summed E-state index contributed by atoms with van der Waals surface area (Å²) in [5.74, 6) is 0. The molecule has 0 spiro atoms. The molecule has 2 aromatic rings. The van der Waals surface area contributed by atoms with Gasteiger partial charge in [-0.25, -0.2) is 0 Å². The summed E-state index contributed by atoms with van der Waals surface area (Å²) in [6, 6.07) is 19.4. The van der Waals surface area contributed by atoms with E-state index in [0.29, 0.717) is 0 Å². The van der Waals surface area contributed by atoms with Gasteiger partial charge in [0.1, 0.15) is 0 Å². The molecule has 1 heterocycles. The van der Waals surface area contributed by atoms with E-state index in [4.69, 9.17) is 0 Å². The van der Waals surface area contributed by atoms with Crippen molar-refractivity contribution in [3.05, 3.63) is 54.6 Å². The van der Waals surface area contributed by atoms with Crippen molar-refractivity contribution < 1.29 is 0 Å². The zero-order valence-electron chi connectivity index (χ0n) is 11.1. The molecule has 0 aromatic heterocycles. The maximum Gasteiger partial charge on any atom is 0.0508 e. The SMILES string of the molecule is c1ccc(Sc2ccccc2N2CCCCC2)cc1. The first-order chi connectivity index (χ1) is 9.43. The minimum absolute atomic E-state index is 1.20. The van der Waals surface area contributed by atoms with Crippen molar-refractivity contribution in [2.75, 3.05) is 18.0 Å². The molecule has 0 unspecified atom stereocenters. The molecule has 0 radical (unpaired) electrons. The fourth-order valence-corrected chi connectivity index (χ4v) is 3.55. The molecule has 98 valence electrons. The van der Waals surface area contributed by atoms with E-state index in [1.54, 1.807) is 0 Å². The van der Waals surface area contributed by atoms with E-state index in [-0.39, 0.29) is 0 Å². The van der Waals surface area contributed by atoms with Crippen LogP contribution in [0.1, 0.15) is 19.3 Å². The van der Waals surface area contributed by atoms with E-state index in [1.165, 1.54) is 47.8 Å². The highest BCUT2D eigenvalue weighted by Crippen LogP contribution is 2.36. The first-order valence-corrected chi connectivity index (χ1v) is 7.82. The van der Waals surface area contributed by atoms with Crippen LogP contribution in [-0.4, -0.2) is 13.1 Å². The predicted molar refractivity (Wildman–Crippen MR) is 83.1 cm³/mol. The lowest BCUT2D eigenvalue weighted by Gasteiger charge is -2.30. The molecule has 1 nitrogen and oxygen atoms in total. The highest BCUT2D eigenvalue weighted by Gasteiger charge is 2.14. The van der Waals surface area contributed by atoms with E-state index in [9.17, 15) is 0 Å². The van der Waals surface area contributed by atoms with Crippen LogP contribution in [0, 0.1) is 0 Å². The minimum atomic E-state index is 1.20. The molecule has 2 aromatic carbocycles. The summed E-state index contributed by atoms with van der Waals surface area (Å²) in [5, 5.41) is 0. The van der Waals surface area contributed by atoms with E-state index < -0.39 is 0 Å². The van der Waals surface area contributed by atoms with Gasteiger partial charge in [0.25, 0.3) is 0 Å². The lowest BCUT2D eigenvalue weighted by molar-refractivity contribution is 0.575. The van der Waals surface area contributed by atoms with Crippen LogP contribution in [0.4, 0.5) is 5.69 Å². The zero-order valence-corrected chi connectivity index (χ0v) is 11.9. The summed E-state index contributed by atoms with van der Waals surface area (Å²) in [7, 11) is 0. The first-order valence-electron chi connectivity index (χ1n) is 7.00. The van der Waals surface area contributed by atoms with Crippen molar-refractivity contribution in [3.63, 3.8) is 0 Å². The molecule has 19 heavy (non-hydrogen) atoms. The lowest BCUT2D eigenvalue weighted by atomic mass is 10.1. The van der Waals surface area contributed by atoms with Crippen molar-refractivity contribution in [2.24, 2.45) is 0 Å². The number of hydrogen-bond donors (Lipinski definition) is 0. The quantitative estimate of drug-likeness (QED) is 0.785. The Kier molecular flexibility index (Phi) is 4.09. The van der Waals surface area contributed by atoms with E-state index in [2.05, 4.69) is 59.5 Å². The third-order valence-corrected chi connectivity index (χ3v) is 4.61. The Balaban J connectivity index is 1.84. The molecule has 0 aliphatic carbocycles. The van der Waals surface area contributed by atoms with Crippen molar-refractivity contribution in [2.45, 2.75) is 29.1 Å². The summed E-state index contributed by atoms with van der Waals surface area (Å²) in [6.07, 6.45) is 4.03. The number of rotatable bonds is 3. The molecular formula is C17H19NS. The van der Waals surface area contributed by atoms with Crippen molar-refractivity contribution in [1.82, 2.24) is 0 Å². The standard InChI is InChI=1S/C17H19NS/c1-3-9-15(10-4-1)19-17-12-6-5-11-16(17)18-13-7-2-8-14-18/h1,3-6,9-12H,2,7-8,13-14H2. The van der Waals surface area contributed by atoms with Gasteiger partial charge in [0, 0.05) is 22.9 Å². The number of piperidine rings is 1. The minimum Gasteiger partial charge on any atom is -0.371 e. The van der Waals surface area contributed by atoms with Gasteiger partial charge in [-0.1, -0.05) is 42.1 Å². The fraction of sp³-hybridized carbons (Fsp3) is 0.294. The average Bonchev–Trinajstić information content (AvgIpc) is 2.50. The van der Waals surface area contributed by atoms with Crippen molar-refractivity contribution in [3.8, 4) is 0 Å². The summed E-state index contributed by atoms with van der Waals surface area (Å²) in [5.41, 5.74) is 1.40. The summed E-state index contributed by atoms with van der Waals surface area (Å²) in [4.78, 5) is 5.22. The molecular weight excluding hydrogens is 250 g/mol. The third kappa shape index (κ3) is 3.13. The molecule has 1 aliphatic heterocycles. The normalized spacial score (nSPS) is 15.5. The molecule has 0 bridgehead atoms. The van der Waals surface area contributed by atoms with Gasteiger partial charge >= 0.3 is 0 Å². The van der Waals surface area contributed by atoms with Gasteiger partial charge in [-0.05, 0) is 43.5 Å². The fourth-order valence-electron chi connectivity index (χ4n) is 2.56. The summed E-state index contributed by atoms with van der Waals surface area (Å²) in [6.45, 7) is 2.40. The predicted octanol–water partition coefficient (Wildman–Crippen LogP) is 4.83. The van der Waals surface area contributed by atoms with Crippen LogP contribution in [0.5, 0.6) is 0 Å². The second-order valence-electron chi connectivity index (χ2n) is 4.93. The van der Waals surface area contributed by atoms with Gasteiger partial charge in [0.2, 0.25) is 0 Å². The lowest BCUT2D eigenvalue weighted by Crippen LogP contribution is -2.29. The topological polar surface area (TPSA) is 3.24 Å². The molecule has 1 fully saturated rings. The van der Waals surface area contributed by atoms with Crippen LogP contribution in [0.2, 0.25) is 0 Å². The zero-order chi connectivity index (χ0) is 12.9. The second-order valence-corrected chi connectivity index (χ2v) is 6.05. The Hall–Kier alpha value is -1.41. The van der Waals surface area contributed by atoms with E-state index in [1.807, 2.05) is 11.8 Å². The van der Waals surface area contributed by atoms with Crippen LogP contribution in [0.25, 0.3) is 0 Å². The monoisotopic (exact) mass is 269 g/mol. The number of anilines is 1. The molecule has 3 rings (SSSR count). The van der Waals surface area contributed by atoms with Crippen LogP contribution >= 0.6 is 11.8 Å².